The maximum atomic E-state index is 14.2. The number of methoxy groups -OCH3 is 1. The molecule has 9 rings (SSSR count). The number of nitrogens with zero attached hydrogens (tertiary/aromatic N) is 5. The monoisotopic (exact) mass is 1200 g/mol. The Hall–Kier alpha value is -8.75. The van der Waals surface area contributed by atoms with Gasteiger partial charge in [0.25, 0.3) is 11.8 Å². The Kier molecular flexibility index (Phi) is 21.6. The minimum Gasteiger partial charge on any atom is -0.493 e. The number of fused-ring (bicyclic) bond motifs is 8. The molecule has 2 unspecified atom stereocenters. The number of benzene rings is 5. The Balaban J connectivity index is 0.886. The van der Waals surface area contributed by atoms with Gasteiger partial charge in [0.05, 0.1) is 74.5 Å². The Morgan fingerprint density at radius 3 is 1.81 bits per heavy atom. The number of nitrogens with one attached hydrogen (secondary N) is 2. The molecular formula is C68H79N7O13. The first-order valence-electron chi connectivity index (χ1n) is 30.3. The number of aliphatic imine (C=N–C) groups is 2. The van der Waals surface area contributed by atoms with E-state index in [4.69, 9.17) is 38.4 Å². The van der Waals surface area contributed by atoms with Gasteiger partial charge in [-0.3, -0.25) is 53.3 Å². The standard InChI is InChI=1S/C68H79N7O13/c1-7-26-84-28-29-85-27-25-73(24-12-15-52(76)18-20-64(79)72-41-53(77)19-21-63(78)69-23-22-65(80)88-68(3,4)5)49-32-45(42-86-60-37-56-54(30-44(60)2)66(81)74-50(39-70-56)34-47-13-8-10-16-58(47)74)31-46(33-49)43-87-62-38-57-55(36-61(62)83-6)67(82)75-51(40-71-57)35-48-14-9-11-17-59(48)75/h8-11,13-14,16-17,30-33,36-40,50-51H,7,12,15,18-29,34-35,41-43H2,1-6H3,(H,69,78)(H,72,79). The second-order valence-electron chi connectivity index (χ2n) is 23.3. The van der Waals surface area contributed by atoms with Gasteiger partial charge in [-0.25, -0.2) is 0 Å². The van der Waals surface area contributed by atoms with Crippen molar-refractivity contribution in [1.29, 1.82) is 0 Å². The first kappa shape index (κ1) is 63.7. The van der Waals surface area contributed by atoms with Gasteiger partial charge < -0.3 is 44.0 Å². The minimum atomic E-state index is -0.636. The third-order valence-corrected chi connectivity index (χ3v) is 15.4. The molecule has 5 aromatic rings. The summed E-state index contributed by atoms with van der Waals surface area (Å²) in [7, 11) is 1.53. The number of aryl methyl sites for hydroxylation is 1. The molecule has 464 valence electrons. The van der Waals surface area contributed by atoms with Gasteiger partial charge in [0, 0.05) is 113 Å². The van der Waals surface area contributed by atoms with E-state index in [0.717, 1.165) is 51.3 Å². The number of carbonyl (C=O) groups excluding carboxylic acids is 7. The van der Waals surface area contributed by atoms with Crippen molar-refractivity contribution in [3.63, 3.8) is 0 Å². The summed E-state index contributed by atoms with van der Waals surface area (Å²) in [5, 5.41) is 5.17. The molecular weight excluding hydrogens is 1120 g/mol. The van der Waals surface area contributed by atoms with Gasteiger partial charge in [0.2, 0.25) is 11.8 Å². The quantitative estimate of drug-likeness (QED) is 0.0311. The summed E-state index contributed by atoms with van der Waals surface area (Å²) in [6.45, 7) is 11.9. The summed E-state index contributed by atoms with van der Waals surface area (Å²) >= 11 is 0. The Labute approximate surface area is 513 Å². The number of ether oxygens (including phenoxy) is 6. The van der Waals surface area contributed by atoms with Crippen molar-refractivity contribution in [2.75, 3.05) is 74.4 Å². The zero-order valence-electron chi connectivity index (χ0n) is 51.2. The molecule has 2 N–H and O–H groups in total. The number of amides is 4. The van der Waals surface area contributed by atoms with Crippen LogP contribution in [-0.4, -0.2) is 131 Å². The first-order valence-corrected chi connectivity index (χ1v) is 30.3. The van der Waals surface area contributed by atoms with Crippen LogP contribution in [0.15, 0.2) is 101 Å². The van der Waals surface area contributed by atoms with Crippen LogP contribution in [0.25, 0.3) is 0 Å². The number of esters is 1. The van der Waals surface area contributed by atoms with E-state index in [2.05, 4.69) is 15.5 Å². The molecule has 4 aliphatic rings. The van der Waals surface area contributed by atoms with Crippen molar-refractivity contribution in [2.24, 2.45) is 9.98 Å². The normalized spacial score (nSPS) is 15.2. The molecule has 4 heterocycles. The van der Waals surface area contributed by atoms with Crippen LogP contribution in [0.1, 0.15) is 128 Å². The lowest BCUT2D eigenvalue weighted by molar-refractivity contribution is -0.154. The van der Waals surface area contributed by atoms with Crippen LogP contribution in [0, 0.1) is 6.92 Å². The number of ketones is 2. The highest BCUT2D eigenvalue weighted by molar-refractivity contribution is 6.16. The summed E-state index contributed by atoms with van der Waals surface area (Å²) in [5.41, 5.74) is 8.30. The van der Waals surface area contributed by atoms with Crippen LogP contribution < -0.4 is 39.5 Å². The molecule has 0 aliphatic carbocycles. The largest absolute Gasteiger partial charge is 0.493 e. The van der Waals surface area contributed by atoms with Gasteiger partial charge >= 0.3 is 5.97 Å². The van der Waals surface area contributed by atoms with E-state index in [1.165, 1.54) is 7.11 Å². The maximum absolute atomic E-state index is 14.2. The molecule has 20 nitrogen and oxygen atoms in total. The van der Waals surface area contributed by atoms with Crippen molar-refractivity contribution in [3.8, 4) is 17.2 Å². The smallest absolute Gasteiger partial charge is 0.308 e. The maximum Gasteiger partial charge on any atom is 0.308 e. The van der Waals surface area contributed by atoms with Gasteiger partial charge in [0.1, 0.15) is 30.3 Å². The highest BCUT2D eigenvalue weighted by Gasteiger charge is 2.38. The van der Waals surface area contributed by atoms with E-state index in [1.807, 2.05) is 110 Å². The number of Topliss-reactive ketones (excluding diaryl/α,β-unsaturated/α-hetero) is 2. The summed E-state index contributed by atoms with van der Waals surface area (Å²) in [6, 6.07) is 28.5. The van der Waals surface area contributed by atoms with E-state index < -0.39 is 23.4 Å². The number of hydrogen-bond acceptors (Lipinski definition) is 16. The Morgan fingerprint density at radius 1 is 0.625 bits per heavy atom. The molecule has 0 spiro atoms. The van der Waals surface area contributed by atoms with Crippen molar-refractivity contribution in [1.82, 2.24) is 10.6 Å². The van der Waals surface area contributed by atoms with Gasteiger partial charge in [0.15, 0.2) is 17.3 Å². The topological polar surface area (TPSA) is 233 Å². The molecule has 4 amide bonds. The number of para-hydroxylation sites is 2. The Bertz CT molecular complexity index is 3460. The van der Waals surface area contributed by atoms with E-state index in [0.29, 0.717) is 98.5 Å². The second kappa shape index (κ2) is 29.8. The summed E-state index contributed by atoms with van der Waals surface area (Å²) in [4.78, 5) is 107. The highest BCUT2D eigenvalue weighted by atomic mass is 16.6. The molecule has 0 saturated carbocycles. The van der Waals surface area contributed by atoms with Crippen molar-refractivity contribution in [3.05, 3.63) is 130 Å². The zero-order chi connectivity index (χ0) is 62.3. The lowest BCUT2D eigenvalue weighted by Gasteiger charge is -2.26. The van der Waals surface area contributed by atoms with Gasteiger partial charge in [-0.15, -0.1) is 0 Å². The van der Waals surface area contributed by atoms with Crippen molar-refractivity contribution in [2.45, 2.75) is 130 Å². The predicted molar refractivity (Wildman–Crippen MR) is 335 cm³/mol. The molecule has 0 aromatic heterocycles. The molecule has 5 aromatic carbocycles. The number of rotatable bonds is 31. The minimum absolute atomic E-state index is 0.0000831. The fourth-order valence-electron chi connectivity index (χ4n) is 11.1. The van der Waals surface area contributed by atoms with E-state index in [-0.39, 0.29) is 100 Å². The second-order valence-corrected chi connectivity index (χ2v) is 23.3. The lowest BCUT2D eigenvalue weighted by Crippen LogP contribution is -2.37. The average molecular weight is 1200 g/mol. The van der Waals surface area contributed by atoms with Gasteiger partial charge in [-0.05, 0) is 111 Å². The molecule has 0 saturated heterocycles. The summed E-state index contributed by atoms with van der Waals surface area (Å²) in [5.74, 6) is -0.749. The fourth-order valence-corrected chi connectivity index (χ4v) is 11.1. The van der Waals surface area contributed by atoms with Crippen LogP contribution in [-0.2, 0) is 64.2 Å². The molecule has 4 aliphatic heterocycles. The number of carbonyl (C=O) groups is 7. The van der Waals surface area contributed by atoms with Gasteiger partial charge in [-0.1, -0.05) is 43.3 Å². The van der Waals surface area contributed by atoms with Gasteiger partial charge in [-0.2, -0.15) is 0 Å². The molecule has 0 radical (unpaired) electrons. The molecule has 2 atom stereocenters. The molecule has 88 heavy (non-hydrogen) atoms. The number of hydrogen-bond donors (Lipinski definition) is 2. The average Bonchev–Trinajstić information content (AvgIpc) is 1.78. The zero-order valence-corrected chi connectivity index (χ0v) is 51.2. The van der Waals surface area contributed by atoms with Crippen molar-refractivity contribution >= 4 is 82.0 Å². The van der Waals surface area contributed by atoms with E-state index in [1.54, 1.807) is 37.8 Å². The summed E-state index contributed by atoms with van der Waals surface area (Å²) < 4.78 is 36.1. The summed E-state index contributed by atoms with van der Waals surface area (Å²) in [6.07, 6.45) is 6.16. The third-order valence-electron chi connectivity index (χ3n) is 15.4. The molecule has 0 bridgehead atoms. The van der Waals surface area contributed by atoms with Crippen LogP contribution in [0.2, 0.25) is 0 Å². The van der Waals surface area contributed by atoms with Crippen LogP contribution >= 0.6 is 0 Å². The molecule has 0 fully saturated rings. The van der Waals surface area contributed by atoms with Crippen LogP contribution in [0.4, 0.5) is 28.4 Å². The third kappa shape index (κ3) is 16.6. The fraction of sp³-hybridized carbons (Fsp3) is 0.426. The van der Waals surface area contributed by atoms with Crippen LogP contribution in [0.5, 0.6) is 17.2 Å². The highest BCUT2D eigenvalue weighted by Crippen LogP contribution is 2.42. The van der Waals surface area contributed by atoms with E-state index in [9.17, 15) is 33.6 Å². The SMILES string of the molecule is CCCOCCOCCN(CCCC(=O)CCC(=O)NCC(=O)CCC(=O)NCCC(=O)OC(C)(C)C)c1cc(COc2cc3c(cc2C)C(=O)N2c4ccccc4CC2C=N3)cc(COc2cc3c(cc2OC)C(=O)N2c4ccccc4CC2C=N3)c1. The predicted octanol–water partition coefficient (Wildman–Crippen LogP) is 9.43. The lowest BCUT2D eigenvalue weighted by atomic mass is 10.1. The first-order chi connectivity index (χ1) is 42.4. The van der Waals surface area contributed by atoms with Crippen molar-refractivity contribution < 1.29 is 62.0 Å². The Morgan fingerprint density at radius 2 is 1.19 bits per heavy atom. The molecule has 20 heteroatoms. The number of anilines is 3. The van der Waals surface area contributed by atoms with E-state index >= 15 is 0 Å². The van der Waals surface area contributed by atoms with Crippen LogP contribution in [0.3, 0.4) is 0 Å².